The largest absolute Gasteiger partial charge is 1.00 e. The van der Waals surface area contributed by atoms with Gasteiger partial charge in [0.15, 0.2) is 0 Å². The second kappa shape index (κ2) is 11.8. The summed E-state index contributed by atoms with van der Waals surface area (Å²) in [5.74, 6) is -2.09. The van der Waals surface area contributed by atoms with Crippen molar-refractivity contribution in [3.05, 3.63) is 88.2 Å². The maximum Gasteiger partial charge on any atom is 0.337 e. The molecular weight excluding hydrogens is 470 g/mol. The van der Waals surface area contributed by atoms with Crippen molar-refractivity contribution in [1.82, 2.24) is 4.98 Å². The molecule has 1 heterocycles. The van der Waals surface area contributed by atoms with Gasteiger partial charge in [0, 0.05) is 22.5 Å². The number of aromatic nitrogens is 1. The van der Waals surface area contributed by atoms with Crippen LogP contribution in [-0.2, 0) is 0 Å². The first-order chi connectivity index (χ1) is 16.2. The Hall–Kier alpha value is -4.24. The second-order valence-corrected chi connectivity index (χ2v) is 7.57. The first kappa shape index (κ1) is 27.0. The van der Waals surface area contributed by atoms with E-state index < -0.39 is 11.9 Å². The Morgan fingerprint density at radius 3 is 1.46 bits per heavy atom. The zero-order valence-corrected chi connectivity index (χ0v) is 20.4. The maximum absolute atomic E-state index is 11.4. The lowest BCUT2D eigenvalue weighted by Gasteiger charge is -2.13. The van der Waals surface area contributed by atoms with Crippen LogP contribution in [0.5, 0.6) is 0 Å². The summed E-state index contributed by atoms with van der Waals surface area (Å²) in [7, 11) is 0. The monoisotopic (exact) mass is 494 g/mol. The highest BCUT2D eigenvalue weighted by atomic mass is 35.5. The van der Waals surface area contributed by atoms with Gasteiger partial charge in [-0.05, 0) is 58.0 Å². The lowest BCUT2D eigenvalue weighted by molar-refractivity contribution is -0.0000378. The number of hydrogen-bond donors (Lipinski definition) is 4. The predicted octanol–water partition coefficient (Wildman–Crippen LogP) is 1.77. The number of nitrogens with zero attached hydrogens (tertiary/aromatic N) is 3. The molecule has 10 heteroatoms. The van der Waals surface area contributed by atoms with Gasteiger partial charge in [0.2, 0.25) is 0 Å². The molecular formula is C25H25ClN5O4-. The Morgan fingerprint density at radius 2 is 1.09 bits per heavy atom. The van der Waals surface area contributed by atoms with E-state index in [1.165, 1.54) is 12.1 Å². The summed E-state index contributed by atoms with van der Waals surface area (Å²) in [5, 5.41) is 27.4. The van der Waals surface area contributed by atoms with Gasteiger partial charge in [-0.15, -0.1) is 0 Å². The number of carbonyl (C=O) groups is 2. The lowest BCUT2D eigenvalue weighted by Crippen LogP contribution is -3.00. The van der Waals surface area contributed by atoms with Crippen LogP contribution in [0.2, 0.25) is 0 Å². The summed E-state index contributed by atoms with van der Waals surface area (Å²) in [4.78, 5) is 27.5. The standard InChI is InChI=1S/C25H25N5O4.ClH/c1-14-20(16(3)27-29-22-11-7-5-9-18(22)24(31)32)13-21(15(2)26-14)17(4)28-30-23-12-8-6-10-19(23)25(33)34;/h5-13,29-30H,1-4H3,(H,31,32)(H,33,34);1H/p-1/b27-16+,28-17+;. The van der Waals surface area contributed by atoms with Gasteiger partial charge in [0.05, 0.1) is 33.9 Å². The molecule has 0 unspecified atom stereocenters. The van der Waals surface area contributed by atoms with Gasteiger partial charge in [-0.25, -0.2) is 9.59 Å². The molecule has 1 aromatic heterocycles. The number of aromatic carboxylic acids is 2. The van der Waals surface area contributed by atoms with E-state index in [1.54, 1.807) is 50.2 Å². The van der Waals surface area contributed by atoms with E-state index >= 15 is 0 Å². The number of hydrogen-bond acceptors (Lipinski definition) is 7. The van der Waals surface area contributed by atoms with E-state index in [4.69, 9.17) is 0 Å². The first-order valence-corrected chi connectivity index (χ1v) is 10.4. The van der Waals surface area contributed by atoms with Crippen LogP contribution in [0.25, 0.3) is 0 Å². The Morgan fingerprint density at radius 1 is 0.714 bits per heavy atom. The van der Waals surface area contributed by atoms with Gasteiger partial charge in [0.25, 0.3) is 0 Å². The molecule has 4 N–H and O–H groups in total. The van der Waals surface area contributed by atoms with Crippen LogP contribution in [0.3, 0.4) is 0 Å². The predicted molar refractivity (Wildman–Crippen MR) is 132 cm³/mol. The van der Waals surface area contributed by atoms with Crippen molar-refractivity contribution in [1.29, 1.82) is 0 Å². The molecule has 0 saturated carbocycles. The summed E-state index contributed by atoms with van der Waals surface area (Å²) in [6.45, 7) is 7.33. The Bertz CT molecular complexity index is 1220. The van der Waals surface area contributed by atoms with Crippen molar-refractivity contribution >= 4 is 34.7 Å². The molecule has 2 aromatic carbocycles. The molecule has 0 saturated heterocycles. The zero-order valence-electron chi connectivity index (χ0n) is 19.6. The molecule has 0 fully saturated rings. The summed E-state index contributed by atoms with van der Waals surface area (Å²) in [6.07, 6.45) is 0. The average molecular weight is 495 g/mol. The van der Waals surface area contributed by atoms with Crippen molar-refractivity contribution in [3.63, 3.8) is 0 Å². The minimum absolute atomic E-state index is 0. The summed E-state index contributed by atoms with van der Waals surface area (Å²) >= 11 is 0. The number of carboxylic acid groups (broad SMARTS) is 2. The molecule has 182 valence electrons. The number of pyridine rings is 1. The number of hydrazone groups is 2. The van der Waals surface area contributed by atoms with Crippen LogP contribution in [0.4, 0.5) is 11.4 Å². The lowest BCUT2D eigenvalue weighted by atomic mass is 10.0. The number of anilines is 2. The normalized spacial score (nSPS) is 11.4. The number of rotatable bonds is 8. The zero-order chi connectivity index (χ0) is 24.8. The minimum Gasteiger partial charge on any atom is -1.00 e. The minimum atomic E-state index is -1.05. The third-order valence-corrected chi connectivity index (χ3v) is 5.19. The Balaban J connectivity index is 0.00000432. The van der Waals surface area contributed by atoms with Crippen LogP contribution < -0.4 is 23.3 Å². The molecule has 35 heavy (non-hydrogen) atoms. The molecule has 9 nitrogen and oxygen atoms in total. The highest BCUT2D eigenvalue weighted by Gasteiger charge is 2.13. The van der Waals surface area contributed by atoms with E-state index in [-0.39, 0.29) is 23.5 Å². The molecule has 3 aromatic rings. The number of carboxylic acids is 2. The number of para-hydroxylation sites is 2. The van der Waals surface area contributed by atoms with Crippen molar-refractivity contribution in [2.75, 3.05) is 10.9 Å². The SMILES string of the molecule is C/C(=N\Nc1ccccc1C(=O)O)c1cc(/C(C)=N/Nc2ccccc2C(=O)O)c(C)nc1C.[Cl-]. The van der Waals surface area contributed by atoms with Gasteiger partial charge in [-0.3, -0.25) is 15.8 Å². The number of aryl methyl sites for hydroxylation is 2. The molecule has 0 radical (unpaired) electrons. The van der Waals surface area contributed by atoms with Gasteiger partial charge in [-0.2, -0.15) is 10.2 Å². The van der Waals surface area contributed by atoms with Crippen molar-refractivity contribution in [2.45, 2.75) is 27.7 Å². The van der Waals surface area contributed by atoms with Crippen LogP contribution in [0.15, 0.2) is 64.8 Å². The summed E-state index contributed by atoms with van der Waals surface area (Å²) in [6, 6.07) is 14.9. The average Bonchev–Trinajstić information content (AvgIpc) is 2.81. The maximum atomic E-state index is 11.4. The molecule has 0 bridgehead atoms. The fourth-order valence-corrected chi connectivity index (χ4v) is 3.40. The van der Waals surface area contributed by atoms with Gasteiger partial charge in [-0.1, -0.05) is 24.3 Å². The molecule has 0 aliphatic rings. The van der Waals surface area contributed by atoms with Crippen LogP contribution >= 0.6 is 0 Å². The molecule has 3 rings (SSSR count). The van der Waals surface area contributed by atoms with E-state index in [9.17, 15) is 19.8 Å². The molecule has 0 aliphatic heterocycles. The highest BCUT2D eigenvalue weighted by molar-refractivity contribution is 6.05. The van der Waals surface area contributed by atoms with Crippen molar-refractivity contribution < 1.29 is 32.2 Å². The third-order valence-electron chi connectivity index (χ3n) is 5.19. The van der Waals surface area contributed by atoms with E-state index in [0.717, 1.165) is 22.5 Å². The Kier molecular flexibility index (Phi) is 9.07. The second-order valence-electron chi connectivity index (χ2n) is 7.57. The van der Waals surface area contributed by atoms with Crippen LogP contribution in [0, 0.1) is 13.8 Å². The van der Waals surface area contributed by atoms with Crippen molar-refractivity contribution in [2.24, 2.45) is 10.2 Å². The summed E-state index contributed by atoms with van der Waals surface area (Å²) < 4.78 is 0. The third kappa shape index (κ3) is 6.42. The quantitative estimate of drug-likeness (QED) is 0.277. The topological polar surface area (TPSA) is 136 Å². The van der Waals surface area contributed by atoms with E-state index in [2.05, 4.69) is 26.0 Å². The Labute approximate surface area is 209 Å². The molecule has 0 atom stereocenters. The number of nitrogens with one attached hydrogen (secondary N) is 2. The van der Waals surface area contributed by atoms with Gasteiger partial charge in [0.1, 0.15) is 0 Å². The van der Waals surface area contributed by atoms with Crippen LogP contribution in [0.1, 0.15) is 57.1 Å². The highest BCUT2D eigenvalue weighted by Crippen LogP contribution is 2.19. The molecule has 0 spiro atoms. The molecule has 0 aliphatic carbocycles. The number of halogens is 1. The number of benzene rings is 2. The van der Waals surface area contributed by atoms with E-state index in [1.807, 2.05) is 19.9 Å². The smallest absolute Gasteiger partial charge is 0.337 e. The molecule has 0 amide bonds. The van der Waals surface area contributed by atoms with Crippen molar-refractivity contribution in [3.8, 4) is 0 Å². The fourth-order valence-electron chi connectivity index (χ4n) is 3.40. The summed E-state index contributed by atoms with van der Waals surface area (Å²) in [5.41, 5.74) is 10.9. The van der Waals surface area contributed by atoms with E-state index in [0.29, 0.717) is 22.8 Å². The van der Waals surface area contributed by atoms with Gasteiger partial charge < -0.3 is 22.6 Å². The fraction of sp³-hybridized carbons (Fsp3) is 0.160. The first-order valence-electron chi connectivity index (χ1n) is 10.4. The van der Waals surface area contributed by atoms with Gasteiger partial charge >= 0.3 is 11.9 Å². The van der Waals surface area contributed by atoms with Crippen LogP contribution in [-0.4, -0.2) is 38.6 Å².